The molecule has 3 heterocycles. The standard InChI is InChI=1S/C38H31N2/c1-4-38(5-2)25(3)29-20-19-28(24-33(29)37-31-15-9-7-13-27(31)22-23-39(37)38)40-34-17-11-10-16-32(34)36-30-14-8-6-12-26(30)18-21-35(36)40/h6-24H,3-5H2,1-2H3/q+1. The molecule has 7 aromatic rings. The predicted molar refractivity (Wildman–Crippen MR) is 169 cm³/mol. The SMILES string of the molecule is C=C1c2ccc(-n3c4ccccc4c4c5ccccc5ccc43)cc2-c2c3ccccc3cc[n+]2C1(CC)CC. The van der Waals surface area contributed by atoms with Gasteiger partial charge in [0, 0.05) is 40.9 Å². The third-order valence-corrected chi connectivity index (χ3v) is 9.46. The minimum atomic E-state index is -0.139. The molecule has 2 heteroatoms. The van der Waals surface area contributed by atoms with E-state index in [-0.39, 0.29) is 5.54 Å². The molecule has 0 radical (unpaired) electrons. The van der Waals surface area contributed by atoms with E-state index in [4.69, 9.17) is 6.58 Å². The van der Waals surface area contributed by atoms with Crippen molar-refractivity contribution in [1.82, 2.24) is 4.57 Å². The molecule has 0 bridgehead atoms. The first-order valence-electron chi connectivity index (χ1n) is 14.4. The Labute approximate surface area is 234 Å². The maximum Gasteiger partial charge on any atom is 0.221 e. The number of hydrogen-bond acceptors (Lipinski definition) is 0. The first-order chi connectivity index (χ1) is 19.7. The molecule has 192 valence electrons. The number of fused-ring (bicyclic) bond motifs is 10. The summed E-state index contributed by atoms with van der Waals surface area (Å²) in [5.41, 5.74) is 8.51. The van der Waals surface area contributed by atoms with Crippen LogP contribution in [0.15, 0.2) is 122 Å². The summed E-state index contributed by atoms with van der Waals surface area (Å²) in [5.74, 6) is 0. The van der Waals surface area contributed by atoms with Crippen LogP contribution in [-0.2, 0) is 5.54 Å². The van der Waals surface area contributed by atoms with Gasteiger partial charge in [0.15, 0.2) is 11.7 Å². The van der Waals surface area contributed by atoms with E-state index in [1.54, 1.807) is 0 Å². The summed E-state index contributed by atoms with van der Waals surface area (Å²) in [6, 6.07) is 40.1. The van der Waals surface area contributed by atoms with Crippen molar-refractivity contribution in [2.45, 2.75) is 32.2 Å². The number of pyridine rings is 1. The maximum atomic E-state index is 4.73. The van der Waals surface area contributed by atoms with Crippen molar-refractivity contribution in [3.8, 4) is 16.9 Å². The summed E-state index contributed by atoms with van der Waals surface area (Å²) in [4.78, 5) is 0. The summed E-state index contributed by atoms with van der Waals surface area (Å²) in [5, 5.41) is 7.72. The lowest BCUT2D eigenvalue weighted by molar-refractivity contribution is -0.740. The monoisotopic (exact) mass is 515 g/mol. The fourth-order valence-corrected chi connectivity index (χ4v) is 7.41. The molecule has 0 aliphatic carbocycles. The third kappa shape index (κ3) is 2.91. The van der Waals surface area contributed by atoms with E-state index in [0.717, 1.165) is 12.8 Å². The second kappa shape index (κ2) is 8.40. The van der Waals surface area contributed by atoms with Crippen LogP contribution >= 0.6 is 0 Å². The lowest BCUT2D eigenvalue weighted by Crippen LogP contribution is -2.59. The Balaban J connectivity index is 1.49. The summed E-state index contributed by atoms with van der Waals surface area (Å²) in [6.07, 6.45) is 4.29. The molecule has 0 saturated carbocycles. The molecule has 1 aliphatic heterocycles. The summed E-state index contributed by atoms with van der Waals surface area (Å²) < 4.78 is 4.96. The van der Waals surface area contributed by atoms with Gasteiger partial charge in [-0.1, -0.05) is 93.2 Å². The molecule has 0 spiro atoms. The van der Waals surface area contributed by atoms with E-state index in [1.807, 2.05) is 0 Å². The van der Waals surface area contributed by atoms with Gasteiger partial charge in [0.1, 0.15) is 0 Å². The zero-order chi connectivity index (χ0) is 27.0. The Morgan fingerprint density at radius 3 is 2.10 bits per heavy atom. The number of allylic oxidation sites excluding steroid dienone is 1. The van der Waals surface area contributed by atoms with E-state index in [1.165, 1.54) is 71.4 Å². The number of nitrogens with zero attached hydrogens (tertiary/aromatic N) is 2. The van der Waals surface area contributed by atoms with Gasteiger partial charge in [0.2, 0.25) is 5.69 Å². The smallest absolute Gasteiger partial charge is 0.221 e. The highest BCUT2D eigenvalue weighted by atomic mass is 15.1. The van der Waals surface area contributed by atoms with Crippen LogP contribution in [0, 0.1) is 0 Å². The fourth-order valence-electron chi connectivity index (χ4n) is 7.41. The Hall–Kier alpha value is -4.69. The highest BCUT2D eigenvalue weighted by molar-refractivity contribution is 6.21. The van der Waals surface area contributed by atoms with Crippen molar-refractivity contribution >= 4 is 48.9 Å². The lowest BCUT2D eigenvalue weighted by atomic mass is 9.75. The number of hydrogen-bond donors (Lipinski definition) is 0. The number of aromatic nitrogens is 2. The molecule has 0 saturated heterocycles. The van der Waals surface area contributed by atoms with Crippen LogP contribution in [0.25, 0.3) is 65.9 Å². The van der Waals surface area contributed by atoms with Crippen molar-refractivity contribution in [2.24, 2.45) is 0 Å². The second-order valence-electron chi connectivity index (χ2n) is 11.1. The van der Waals surface area contributed by atoms with Crippen LogP contribution in [0.1, 0.15) is 32.3 Å². The van der Waals surface area contributed by atoms with E-state index >= 15 is 0 Å². The minimum Gasteiger partial charge on any atom is -0.309 e. The highest BCUT2D eigenvalue weighted by Crippen LogP contribution is 2.46. The van der Waals surface area contributed by atoms with Gasteiger partial charge < -0.3 is 4.57 Å². The van der Waals surface area contributed by atoms with Crippen LogP contribution in [0.5, 0.6) is 0 Å². The molecule has 1 aliphatic rings. The quantitative estimate of drug-likeness (QED) is 0.207. The molecule has 0 N–H and O–H groups in total. The van der Waals surface area contributed by atoms with Crippen LogP contribution in [0.4, 0.5) is 0 Å². The van der Waals surface area contributed by atoms with Crippen molar-refractivity contribution in [3.05, 3.63) is 128 Å². The van der Waals surface area contributed by atoms with Crippen molar-refractivity contribution < 1.29 is 4.57 Å². The Morgan fingerprint density at radius 2 is 1.32 bits per heavy atom. The third-order valence-electron chi connectivity index (χ3n) is 9.46. The molecule has 0 fully saturated rings. The zero-order valence-electron chi connectivity index (χ0n) is 23.0. The summed E-state index contributed by atoms with van der Waals surface area (Å²) in [7, 11) is 0. The number of benzene rings is 5. The number of rotatable bonds is 3. The normalized spacial score (nSPS) is 14.2. The Kier molecular flexibility index (Phi) is 4.88. The average Bonchev–Trinajstić information content (AvgIpc) is 3.36. The maximum absolute atomic E-state index is 4.73. The Bertz CT molecular complexity index is 2160. The zero-order valence-corrected chi connectivity index (χ0v) is 23.0. The predicted octanol–water partition coefficient (Wildman–Crippen LogP) is 9.59. The molecular formula is C38H31N2+. The first-order valence-corrected chi connectivity index (χ1v) is 14.4. The van der Waals surface area contributed by atoms with Gasteiger partial charge in [-0.05, 0) is 52.1 Å². The summed E-state index contributed by atoms with van der Waals surface area (Å²) >= 11 is 0. The molecule has 5 aromatic carbocycles. The van der Waals surface area contributed by atoms with Gasteiger partial charge in [0.05, 0.1) is 22.0 Å². The van der Waals surface area contributed by atoms with Crippen molar-refractivity contribution in [2.75, 3.05) is 0 Å². The molecule has 0 atom stereocenters. The number of para-hydroxylation sites is 1. The largest absolute Gasteiger partial charge is 0.309 e. The van der Waals surface area contributed by atoms with Gasteiger partial charge in [-0.25, -0.2) is 0 Å². The van der Waals surface area contributed by atoms with E-state index in [2.05, 4.69) is 138 Å². The van der Waals surface area contributed by atoms with E-state index < -0.39 is 0 Å². The Morgan fingerprint density at radius 1 is 0.650 bits per heavy atom. The van der Waals surface area contributed by atoms with Gasteiger partial charge in [-0.3, -0.25) is 0 Å². The highest BCUT2D eigenvalue weighted by Gasteiger charge is 2.47. The molecular weight excluding hydrogens is 484 g/mol. The lowest BCUT2D eigenvalue weighted by Gasteiger charge is -2.35. The van der Waals surface area contributed by atoms with E-state index in [0.29, 0.717) is 0 Å². The molecule has 2 nitrogen and oxygen atoms in total. The van der Waals surface area contributed by atoms with Gasteiger partial charge in [-0.2, -0.15) is 4.57 Å². The van der Waals surface area contributed by atoms with Gasteiger partial charge >= 0.3 is 0 Å². The van der Waals surface area contributed by atoms with E-state index in [9.17, 15) is 0 Å². The van der Waals surface area contributed by atoms with Gasteiger partial charge in [-0.15, -0.1) is 0 Å². The minimum absolute atomic E-state index is 0.139. The van der Waals surface area contributed by atoms with Gasteiger partial charge in [0.25, 0.3) is 0 Å². The van der Waals surface area contributed by atoms with Crippen LogP contribution in [0.3, 0.4) is 0 Å². The molecule has 0 unspecified atom stereocenters. The second-order valence-corrected chi connectivity index (χ2v) is 11.1. The first kappa shape index (κ1) is 23.2. The average molecular weight is 516 g/mol. The van der Waals surface area contributed by atoms with Crippen molar-refractivity contribution in [1.29, 1.82) is 0 Å². The van der Waals surface area contributed by atoms with Crippen LogP contribution < -0.4 is 4.57 Å². The molecule has 0 amide bonds. The van der Waals surface area contributed by atoms with Crippen LogP contribution in [0.2, 0.25) is 0 Å². The molecule has 2 aromatic heterocycles. The fraction of sp³-hybridized carbons (Fsp3) is 0.132. The van der Waals surface area contributed by atoms with Crippen LogP contribution in [-0.4, -0.2) is 4.57 Å². The summed E-state index contributed by atoms with van der Waals surface area (Å²) in [6.45, 7) is 9.32. The van der Waals surface area contributed by atoms with Crippen molar-refractivity contribution in [3.63, 3.8) is 0 Å². The topological polar surface area (TPSA) is 8.81 Å². The molecule has 40 heavy (non-hydrogen) atoms. The molecule has 8 rings (SSSR count).